The van der Waals surface area contributed by atoms with Gasteiger partial charge in [0.05, 0.1) is 0 Å². The maximum absolute atomic E-state index is 10.7. The summed E-state index contributed by atoms with van der Waals surface area (Å²) >= 11 is 3.61. The molecule has 0 aromatic rings. The summed E-state index contributed by atoms with van der Waals surface area (Å²) in [6.07, 6.45) is 0. The summed E-state index contributed by atoms with van der Waals surface area (Å²) in [6.45, 7) is 1.01. The molecule has 0 aliphatic carbocycles. The zero-order valence-corrected chi connectivity index (χ0v) is 6.75. The van der Waals surface area contributed by atoms with E-state index in [0.717, 1.165) is 6.92 Å². The van der Waals surface area contributed by atoms with Crippen molar-refractivity contribution in [1.29, 1.82) is 0 Å². The van der Waals surface area contributed by atoms with E-state index in [1.807, 2.05) is 0 Å². The number of carbonyl (C=O) groups excluding carboxylic acids is 1. The van der Waals surface area contributed by atoms with Crippen LogP contribution in [0.2, 0.25) is 0 Å². The first kappa shape index (κ1) is 10.2. The smallest absolute Gasteiger partial charge is 0.326 e. The molecule has 0 saturated carbocycles. The maximum Gasteiger partial charge on any atom is 0.326 e. The summed E-state index contributed by atoms with van der Waals surface area (Å²) in [5.74, 6) is -2.35. The van der Waals surface area contributed by atoms with E-state index < -0.39 is 17.9 Å². The van der Waals surface area contributed by atoms with Crippen molar-refractivity contribution in [1.82, 2.24) is 5.06 Å². The van der Waals surface area contributed by atoms with Crippen LogP contribution in [-0.2, 0) is 9.59 Å². The zero-order valence-electron chi connectivity index (χ0n) is 5.85. The number of carboxylic acid groups (broad SMARTS) is 1. The molecule has 1 amide bonds. The Morgan fingerprint density at radius 3 is 2.27 bits per heavy atom. The van der Waals surface area contributed by atoms with Crippen LogP contribution in [0.25, 0.3) is 0 Å². The summed E-state index contributed by atoms with van der Waals surface area (Å²) in [4.78, 5) is 20.6. The van der Waals surface area contributed by atoms with Crippen LogP contribution in [0.1, 0.15) is 6.92 Å². The highest BCUT2D eigenvalue weighted by atomic mass is 32.1. The number of carboxylic acids is 1. The van der Waals surface area contributed by atoms with E-state index in [-0.39, 0.29) is 10.8 Å². The second-order valence-electron chi connectivity index (χ2n) is 1.88. The van der Waals surface area contributed by atoms with Crippen molar-refractivity contribution in [3.05, 3.63) is 5.21 Å². The van der Waals surface area contributed by atoms with E-state index in [2.05, 4.69) is 12.6 Å². The molecule has 11 heavy (non-hydrogen) atoms. The standard InChI is InChI=1S/C5H8NO4S/c1-3(7)6(10)4(2-11)5(8)9/h4,11H,2H2,1H3,(H,8,9)/q-1/t4-/m0/s1. The van der Waals surface area contributed by atoms with Crippen molar-refractivity contribution in [2.24, 2.45) is 0 Å². The molecule has 0 fully saturated rings. The van der Waals surface area contributed by atoms with Crippen molar-refractivity contribution >= 4 is 24.5 Å². The van der Waals surface area contributed by atoms with Gasteiger partial charge in [-0.15, -0.1) is 0 Å². The topological polar surface area (TPSA) is 80.7 Å². The molecule has 0 rings (SSSR count). The number of hydrogen-bond acceptors (Lipinski definition) is 4. The summed E-state index contributed by atoms with van der Waals surface area (Å²) in [7, 11) is 0. The lowest BCUT2D eigenvalue weighted by molar-refractivity contribution is -0.146. The van der Waals surface area contributed by atoms with Crippen LogP contribution in [-0.4, -0.2) is 33.8 Å². The van der Waals surface area contributed by atoms with Gasteiger partial charge in [-0.05, 0) is 0 Å². The fourth-order valence-electron chi connectivity index (χ4n) is 0.472. The molecule has 0 aliphatic heterocycles. The van der Waals surface area contributed by atoms with Gasteiger partial charge in [-0.1, -0.05) is 0 Å². The Bertz CT molecular complexity index is 172. The number of thiol groups is 1. The minimum absolute atomic E-state index is 0.102. The average Bonchev–Trinajstić information content (AvgIpc) is 1.88. The molecule has 0 radical (unpaired) electrons. The van der Waals surface area contributed by atoms with E-state index >= 15 is 0 Å². The van der Waals surface area contributed by atoms with Gasteiger partial charge in [0.25, 0.3) is 0 Å². The number of hydroxylamine groups is 2. The molecular weight excluding hydrogens is 170 g/mol. The Labute approximate surface area is 69.0 Å². The van der Waals surface area contributed by atoms with Crippen LogP contribution in [0, 0.1) is 5.21 Å². The van der Waals surface area contributed by atoms with E-state index in [1.165, 1.54) is 0 Å². The van der Waals surface area contributed by atoms with Crippen molar-refractivity contribution in [2.75, 3.05) is 5.75 Å². The number of amides is 1. The van der Waals surface area contributed by atoms with E-state index in [0.29, 0.717) is 0 Å². The average molecular weight is 178 g/mol. The Balaban J connectivity index is 4.25. The van der Waals surface area contributed by atoms with Crippen LogP contribution >= 0.6 is 12.6 Å². The Morgan fingerprint density at radius 1 is 1.73 bits per heavy atom. The van der Waals surface area contributed by atoms with Crippen LogP contribution < -0.4 is 0 Å². The van der Waals surface area contributed by atoms with Crippen molar-refractivity contribution in [2.45, 2.75) is 13.0 Å². The molecule has 0 unspecified atom stereocenters. The van der Waals surface area contributed by atoms with Crippen LogP contribution in [0.5, 0.6) is 0 Å². The monoisotopic (exact) mass is 178 g/mol. The molecule has 1 atom stereocenters. The predicted molar refractivity (Wildman–Crippen MR) is 41.2 cm³/mol. The second kappa shape index (κ2) is 4.20. The van der Waals surface area contributed by atoms with Crippen molar-refractivity contribution in [3.8, 4) is 0 Å². The molecule has 6 heteroatoms. The second-order valence-corrected chi connectivity index (χ2v) is 2.25. The first-order valence-corrected chi connectivity index (χ1v) is 3.44. The molecule has 0 spiro atoms. The Kier molecular flexibility index (Phi) is 3.91. The highest BCUT2D eigenvalue weighted by molar-refractivity contribution is 7.80. The lowest BCUT2D eigenvalue weighted by Crippen LogP contribution is -2.41. The molecule has 0 heterocycles. The predicted octanol–water partition coefficient (Wildman–Crippen LogP) is -0.284. The summed E-state index contributed by atoms with van der Waals surface area (Å²) in [5, 5.41) is 18.9. The third-order valence-electron chi connectivity index (χ3n) is 1.05. The number of carbonyl (C=O) groups is 2. The summed E-state index contributed by atoms with van der Waals surface area (Å²) in [5.41, 5.74) is 0. The van der Waals surface area contributed by atoms with Gasteiger partial charge in [0, 0.05) is 12.7 Å². The maximum atomic E-state index is 10.7. The molecule has 0 bridgehead atoms. The highest BCUT2D eigenvalue weighted by Crippen LogP contribution is 2.00. The molecular formula is C5H8NO4S-. The lowest BCUT2D eigenvalue weighted by atomic mass is 10.3. The fraction of sp³-hybridized carbons (Fsp3) is 0.600. The lowest BCUT2D eigenvalue weighted by Gasteiger charge is -2.31. The van der Waals surface area contributed by atoms with E-state index in [9.17, 15) is 14.8 Å². The van der Waals surface area contributed by atoms with Crippen LogP contribution in [0.3, 0.4) is 0 Å². The molecule has 64 valence electrons. The molecule has 0 aromatic carbocycles. The third-order valence-corrected chi connectivity index (χ3v) is 1.40. The number of nitrogens with zero attached hydrogens (tertiary/aromatic N) is 1. The SMILES string of the molecule is CC(=O)N([O-])[C@@H](CS)C(=O)O. The third kappa shape index (κ3) is 2.77. The van der Waals surface area contributed by atoms with Crippen LogP contribution in [0.15, 0.2) is 0 Å². The first-order chi connectivity index (χ1) is 5.00. The normalized spacial score (nSPS) is 12.3. The molecule has 0 saturated heterocycles. The van der Waals surface area contributed by atoms with Gasteiger partial charge >= 0.3 is 5.97 Å². The van der Waals surface area contributed by atoms with Gasteiger partial charge in [-0.25, -0.2) is 4.79 Å². The molecule has 0 aromatic heterocycles. The number of aliphatic carboxylic acids is 1. The summed E-state index contributed by atoms with van der Waals surface area (Å²) < 4.78 is 0. The Morgan fingerprint density at radius 2 is 2.18 bits per heavy atom. The zero-order chi connectivity index (χ0) is 9.02. The highest BCUT2D eigenvalue weighted by Gasteiger charge is 2.18. The van der Waals surface area contributed by atoms with Gasteiger partial charge in [-0.2, -0.15) is 12.6 Å². The van der Waals surface area contributed by atoms with Crippen LogP contribution in [0.4, 0.5) is 0 Å². The van der Waals surface area contributed by atoms with E-state index in [1.54, 1.807) is 0 Å². The van der Waals surface area contributed by atoms with Gasteiger partial charge < -0.3 is 15.4 Å². The minimum Gasteiger partial charge on any atom is -0.756 e. The molecule has 5 nitrogen and oxygen atoms in total. The van der Waals surface area contributed by atoms with Crippen molar-refractivity contribution < 1.29 is 14.7 Å². The number of hydrogen-bond donors (Lipinski definition) is 2. The van der Waals surface area contributed by atoms with Gasteiger partial charge in [0.2, 0.25) is 5.91 Å². The Hall–Kier alpha value is -0.750. The number of rotatable bonds is 3. The quantitative estimate of drug-likeness (QED) is 0.460. The van der Waals surface area contributed by atoms with Gasteiger partial charge in [-0.3, -0.25) is 4.79 Å². The minimum atomic E-state index is -1.38. The molecule has 1 N–H and O–H groups in total. The largest absolute Gasteiger partial charge is 0.756 e. The molecule has 0 aliphatic rings. The summed E-state index contributed by atoms with van der Waals surface area (Å²) in [6, 6.07) is -1.38. The van der Waals surface area contributed by atoms with Gasteiger partial charge in [0.1, 0.15) is 6.04 Å². The first-order valence-electron chi connectivity index (χ1n) is 2.81. The van der Waals surface area contributed by atoms with Crippen molar-refractivity contribution in [3.63, 3.8) is 0 Å². The van der Waals surface area contributed by atoms with E-state index in [4.69, 9.17) is 5.11 Å². The fourth-order valence-corrected chi connectivity index (χ4v) is 0.777. The van der Waals surface area contributed by atoms with Gasteiger partial charge in [0.15, 0.2) is 0 Å².